The Kier molecular flexibility index (Phi) is 2.47. The molecule has 4 saturated carbocycles. The van der Waals surface area contributed by atoms with Gasteiger partial charge in [-0.3, -0.25) is 4.79 Å². The number of rotatable bonds is 1. The molecule has 4 fully saturated rings. The molecule has 4 heteroatoms. The first-order chi connectivity index (χ1) is 10.2. The fourth-order valence-electron chi connectivity index (χ4n) is 6.01. The predicted octanol–water partition coefficient (Wildman–Crippen LogP) is 1.88. The lowest BCUT2D eigenvalue weighted by Crippen LogP contribution is -2.50. The van der Waals surface area contributed by atoms with Crippen LogP contribution in [0.4, 0.5) is 0 Å². The molecule has 1 aliphatic heterocycles. The molecule has 0 unspecified atom stereocenters. The van der Waals surface area contributed by atoms with Crippen molar-refractivity contribution in [2.45, 2.75) is 56.9 Å². The number of hydrogen-bond acceptors (Lipinski definition) is 3. The van der Waals surface area contributed by atoms with E-state index in [9.17, 15) is 4.79 Å². The zero-order valence-corrected chi connectivity index (χ0v) is 12.5. The molecule has 1 aromatic heterocycles. The van der Waals surface area contributed by atoms with Crippen LogP contribution in [0.2, 0.25) is 0 Å². The quantitative estimate of drug-likeness (QED) is 0.828. The van der Waals surface area contributed by atoms with E-state index in [1.165, 1.54) is 38.5 Å². The van der Waals surface area contributed by atoms with E-state index < -0.39 is 0 Å². The highest BCUT2D eigenvalue weighted by Crippen LogP contribution is 2.60. The highest BCUT2D eigenvalue weighted by Gasteiger charge is 2.53. The number of hydrogen-bond donors (Lipinski definition) is 2. The molecular weight excluding hydrogens is 262 g/mol. The average Bonchev–Trinajstić information content (AvgIpc) is 2.46. The van der Waals surface area contributed by atoms with Crippen molar-refractivity contribution in [3.05, 3.63) is 27.4 Å². The number of aromatic nitrogens is 2. The summed E-state index contributed by atoms with van der Waals surface area (Å²) in [7, 11) is 0. The summed E-state index contributed by atoms with van der Waals surface area (Å²) in [6.07, 6.45) is 8.98. The van der Waals surface area contributed by atoms with E-state index >= 15 is 0 Å². The first kappa shape index (κ1) is 12.4. The van der Waals surface area contributed by atoms with Crippen LogP contribution in [-0.4, -0.2) is 16.5 Å². The van der Waals surface area contributed by atoms with Crippen molar-refractivity contribution >= 4 is 0 Å². The SMILES string of the molecule is O=c1[nH]c(C23CC4CC(CC(C4)C2)C3)nc2c1CNCC2. The van der Waals surface area contributed by atoms with E-state index in [1.807, 2.05) is 0 Å². The van der Waals surface area contributed by atoms with E-state index in [0.717, 1.165) is 47.8 Å². The summed E-state index contributed by atoms with van der Waals surface area (Å²) in [5.74, 6) is 3.70. The summed E-state index contributed by atoms with van der Waals surface area (Å²) < 4.78 is 0. The molecule has 0 atom stereocenters. The Morgan fingerprint density at radius 3 is 2.38 bits per heavy atom. The van der Waals surface area contributed by atoms with Crippen LogP contribution in [0, 0.1) is 17.8 Å². The minimum absolute atomic E-state index is 0.109. The van der Waals surface area contributed by atoms with Gasteiger partial charge in [0.15, 0.2) is 0 Å². The minimum Gasteiger partial charge on any atom is -0.312 e. The predicted molar refractivity (Wildman–Crippen MR) is 80.1 cm³/mol. The van der Waals surface area contributed by atoms with E-state index in [2.05, 4.69) is 10.3 Å². The summed E-state index contributed by atoms with van der Waals surface area (Å²) in [5.41, 5.74) is 2.24. The van der Waals surface area contributed by atoms with E-state index in [-0.39, 0.29) is 11.0 Å². The maximum Gasteiger partial charge on any atom is 0.255 e. The number of nitrogens with one attached hydrogen (secondary N) is 2. The molecule has 4 aliphatic carbocycles. The van der Waals surface area contributed by atoms with Gasteiger partial charge in [0, 0.05) is 24.9 Å². The van der Waals surface area contributed by atoms with Gasteiger partial charge in [-0.15, -0.1) is 0 Å². The second kappa shape index (κ2) is 4.19. The van der Waals surface area contributed by atoms with Crippen molar-refractivity contribution in [3.63, 3.8) is 0 Å². The summed E-state index contributed by atoms with van der Waals surface area (Å²) in [6, 6.07) is 0. The summed E-state index contributed by atoms with van der Waals surface area (Å²) in [5, 5.41) is 3.28. The van der Waals surface area contributed by atoms with Crippen LogP contribution in [0.3, 0.4) is 0 Å². The molecule has 2 N–H and O–H groups in total. The monoisotopic (exact) mass is 285 g/mol. The molecule has 1 aromatic rings. The third-order valence-corrected chi connectivity index (χ3v) is 6.48. The molecule has 112 valence electrons. The molecule has 0 spiro atoms. The number of H-pyrrole nitrogens is 1. The molecule has 0 aromatic carbocycles. The topological polar surface area (TPSA) is 57.8 Å². The van der Waals surface area contributed by atoms with Crippen molar-refractivity contribution in [1.82, 2.24) is 15.3 Å². The van der Waals surface area contributed by atoms with E-state index in [1.54, 1.807) is 0 Å². The third-order valence-electron chi connectivity index (χ3n) is 6.48. The summed E-state index contributed by atoms with van der Waals surface area (Å²) in [4.78, 5) is 20.6. The molecule has 2 heterocycles. The van der Waals surface area contributed by atoms with Crippen LogP contribution in [0.25, 0.3) is 0 Å². The lowest BCUT2D eigenvalue weighted by Gasteiger charge is -2.56. The highest BCUT2D eigenvalue weighted by atomic mass is 16.1. The standard InChI is InChI=1S/C17H23N3O/c21-15-13-9-18-2-1-14(13)19-16(20-15)17-6-10-3-11(7-17)5-12(4-10)8-17/h10-12,18H,1-9H2,(H,19,20,21). The van der Waals surface area contributed by atoms with Gasteiger partial charge >= 0.3 is 0 Å². The molecule has 0 radical (unpaired) electrons. The van der Waals surface area contributed by atoms with Crippen LogP contribution in [0.5, 0.6) is 0 Å². The van der Waals surface area contributed by atoms with Gasteiger partial charge < -0.3 is 10.3 Å². The highest BCUT2D eigenvalue weighted by molar-refractivity contribution is 5.25. The first-order valence-electron chi connectivity index (χ1n) is 8.55. The second-order valence-corrected chi connectivity index (χ2v) is 7.96. The van der Waals surface area contributed by atoms with E-state index in [4.69, 9.17) is 4.98 Å². The third kappa shape index (κ3) is 1.78. The zero-order valence-electron chi connectivity index (χ0n) is 12.5. The van der Waals surface area contributed by atoms with Crippen LogP contribution in [-0.2, 0) is 18.4 Å². The van der Waals surface area contributed by atoms with Crippen molar-refractivity contribution in [2.75, 3.05) is 6.54 Å². The molecule has 0 amide bonds. The Bertz CT molecular complexity index is 613. The van der Waals surface area contributed by atoms with Crippen LogP contribution in [0.1, 0.15) is 55.6 Å². The summed E-state index contributed by atoms with van der Waals surface area (Å²) in [6.45, 7) is 1.63. The van der Waals surface area contributed by atoms with Crippen LogP contribution >= 0.6 is 0 Å². The Morgan fingerprint density at radius 1 is 1.05 bits per heavy atom. The molecule has 6 rings (SSSR count). The van der Waals surface area contributed by atoms with Gasteiger partial charge in [0.25, 0.3) is 5.56 Å². The Labute approximate surface area is 124 Å². The fourth-order valence-corrected chi connectivity index (χ4v) is 6.01. The maximum absolute atomic E-state index is 12.4. The number of fused-ring (bicyclic) bond motifs is 1. The van der Waals surface area contributed by atoms with Crippen molar-refractivity contribution in [1.29, 1.82) is 0 Å². The van der Waals surface area contributed by atoms with Gasteiger partial charge in [-0.2, -0.15) is 0 Å². The lowest BCUT2D eigenvalue weighted by molar-refractivity contribution is -0.00965. The molecule has 4 nitrogen and oxygen atoms in total. The number of aromatic amines is 1. The normalized spacial score (nSPS) is 40.3. The Hall–Kier alpha value is -1.16. The smallest absolute Gasteiger partial charge is 0.255 e. The average molecular weight is 285 g/mol. The second-order valence-electron chi connectivity index (χ2n) is 7.96. The zero-order chi connectivity index (χ0) is 14.0. The molecule has 0 saturated heterocycles. The fraction of sp³-hybridized carbons (Fsp3) is 0.765. The van der Waals surface area contributed by atoms with Crippen molar-refractivity contribution in [2.24, 2.45) is 17.8 Å². The van der Waals surface area contributed by atoms with Gasteiger partial charge in [-0.1, -0.05) is 0 Å². The Morgan fingerprint density at radius 2 is 1.71 bits per heavy atom. The van der Waals surface area contributed by atoms with Gasteiger partial charge in [0.05, 0.1) is 11.3 Å². The molecule has 5 aliphatic rings. The number of nitrogens with zero attached hydrogens (tertiary/aromatic N) is 1. The van der Waals surface area contributed by atoms with Gasteiger partial charge in [0.2, 0.25) is 0 Å². The molecule has 21 heavy (non-hydrogen) atoms. The van der Waals surface area contributed by atoms with Gasteiger partial charge in [-0.05, 0) is 56.3 Å². The largest absolute Gasteiger partial charge is 0.312 e. The van der Waals surface area contributed by atoms with E-state index in [0.29, 0.717) is 6.54 Å². The van der Waals surface area contributed by atoms with Crippen LogP contribution < -0.4 is 10.9 Å². The summed E-state index contributed by atoms with van der Waals surface area (Å²) >= 11 is 0. The van der Waals surface area contributed by atoms with Crippen LogP contribution in [0.15, 0.2) is 4.79 Å². The molecular formula is C17H23N3O. The van der Waals surface area contributed by atoms with Crippen molar-refractivity contribution in [3.8, 4) is 0 Å². The van der Waals surface area contributed by atoms with Gasteiger partial charge in [-0.25, -0.2) is 4.98 Å². The maximum atomic E-state index is 12.4. The molecule has 4 bridgehead atoms. The minimum atomic E-state index is 0.109. The Balaban J connectivity index is 1.61. The van der Waals surface area contributed by atoms with Gasteiger partial charge in [0.1, 0.15) is 5.82 Å². The lowest BCUT2D eigenvalue weighted by atomic mass is 9.49. The first-order valence-corrected chi connectivity index (χ1v) is 8.55. The van der Waals surface area contributed by atoms with Crippen molar-refractivity contribution < 1.29 is 0 Å².